The summed E-state index contributed by atoms with van der Waals surface area (Å²) in [7, 11) is 0. The molecule has 1 aromatic carbocycles. The van der Waals surface area contributed by atoms with Gasteiger partial charge in [0.15, 0.2) is 5.78 Å². The molecule has 0 fully saturated rings. The number of nitrogens with zero attached hydrogens (tertiary/aromatic N) is 1. The minimum atomic E-state index is -0.709. The summed E-state index contributed by atoms with van der Waals surface area (Å²) in [5, 5.41) is 0.293. The molecule has 1 aliphatic heterocycles. The van der Waals surface area contributed by atoms with Gasteiger partial charge in [0.05, 0.1) is 27.7 Å². The Hall–Kier alpha value is -1.98. The summed E-state index contributed by atoms with van der Waals surface area (Å²) in [5.41, 5.74) is 0.582. The second-order valence-electron chi connectivity index (χ2n) is 4.69. The fraction of sp³-hybridized carbons (Fsp3) is 0.133. The summed E-state index contributed by atoms with van der Waals surface area (Å²) in [5.74, 6) is -1.54. The van der Waals surface area contributed by atoms with Gasteiger partial charge >= 0.3 is 0 Å². The number of aryl methyl sites for hydroxylation is 1. The van der Waals surface area contributed by atoms with E-state index in [0.717, 1.165) is 9.78 Å². The van der Waals surface area contributed by atoms with Crippen LogP contribution in [0.2, 0.25) is 5.02 Å². The van der Waals surface area contributed by atoms with Gasteiger partial charge in [0.2, 0.25) is 0 Å². The number of ketones is 2. The predicted octanol–water partition coefficient (Wildman–Crippen LogP) is 3.12. The molecule has 6 heteroatoms. The molecule has 0 radical (unpaired) electrons. The minimum Gasteiger partial charge on any atom is -0.295 e. The number of rotatable bonds is 3. The van der Waals surface area contributed by atoms with Crippen molar-refractivity contribution in [3.63, 3.8) is 0 Å². The second-order valence-corrected chi connectivity index (χ2v) is 6.38. The summed E-state index contributed by atoms with van der Waals surface area (Å²) in [4.78, 5) is 39.0. The van der Waals surface area contributed by atoms with E-state index in [0.29, 0.717) is 15.6 Å². The molecule has 0 spiro atoms. The number of carbonyl (C=O) groups is 3. The third-order valence-corrected chi connectivity index (χ3v) is 4.60. The van der Waals surface area contributed by atoms with E-state index in [4.69, 9.17) is 11.6 Å². The van der Waals surface area contributed by atoms with Gasteiger partial charge in [-0.2, -0.15) is 0 Å². The van der Waals surface area contributed by atoms with Gasteiger partial charge in [0, 0.05) is 4.88 Å². The minimum absolute atomic E-state index is 0.179. The van der Waals surface area contributed by atoms with Gasteiger partial charge in [-0.05, 0) is 31.2 Å². The molecule has 3 rings (SSSR count). The van der Waals surface area contributed by atoms with Crippen molar-refractivity contribution in [1.82, 2.24) is 0 Å². The molecule has 2 heterocycles. The number of hydrogen-bond donors (Lipinski definition) is 0. The molecule has 0 saturated heterocycles. The summed E-state index contributed by atoms with van der Waals surface area (Å²) in [6.45, 7) is 1.72. The van der Waals surface area contributed by atoms with Crippen LogP contribution in [-0.2, 0) is 4.79 Å². The summed E-state index contributed by atoms with van der Waals surface area (Å²) >= 11 is 7.44. The van der Waals surface area contributed by atoms with Crippen LogP contribution in [0.4, 0.5) is 5.69 Å². The molecule has 2 aromatic rings. The van der Waals surface area contributed by atoms with Crippen molar-refractivity contribution in [3.05, 3.63) is 50.7 Å². The predicted molar refractivity (Wildman–Crippen MR) is 81.5 cm³/mol. The van der Waals surface area contributed by atoms with Gasteiger partial charge in [0.25, 0.3) is 11.7 Å². The molecular formula is C15H10ClNO3S. The maximum atomic E-state index is 12.2. The van der Waals surface area contributed by atoms with E-state index in [1.807, 2.05) is 13.0 Å². The van der Waals surface area contributed by atoms with Crippen LogP contribution in [0.15, 0.2) is 30.3 Å². The standard InChI is InChI=1S/C15H10ClNO3S/c1-8-5-6-12(21-8)11(18)7-17-13-9(14(19)15(17)20)3-2-4-10(13)16/h2-6H,7H2,1H3. The maximum Gasteiger partial charge on any atom is 0.299 e. The number of thiophene rings is 1. The Balaban J connectivity index is 1.95. The van der Waals surface area contributed by atoms with Crippen LogP contribution in [0.5, 0.6) is 0 Å². The molecule has 1 aromatic heterocycles. The maximum absolute atomic E-state index is 12.2. The van der Waals surface area contributed by atoms with E-state index < -0.39 is 11.7 Å². The first-order chi connectivity index (χ1) is 9.99. The van der Waals surface area contributed by atoms with Crippen LogP contribution in [0.3, 0.4) is 0 Å². The highest BCUT2D eigenvalue weighted by molar-refractivity contribution is 7.14. The van der Waals surface area contributed by atoms with E-state index in [9.17, 15) is 14.4 Å². The van der Waals surface area contributed by atoms with Crippen LogP contribution >= 0.6 is 22.9 Å². The van der Waals surface area contributed by atoms with Crippen LogP contribution in [0.1, 0.15) is 24.9 Å². The number of para-hydroxylation sites is 1. The van der Waals surface area contributed by atoms with E-state index in [1.54, 1.807) is 24.3 Å². The molecule has 1 aliphatic rings. The Morgan fingerprint density at radius 1 is 1.24 bits per heavy atom. The Kier molecular flexibility index (Phi) is 3.39. The molecule has 21 heavy (non-hydrogen) atoms. The molecule has 106 valence electrons. The number of amides is 1. The van der Waals surface area contributed by atoms with Crippen molar-refractivity contribution in [2.75, 3.05) is 11.4 Å². The number of Topliss-reactive ketones (excluding diaryl/α,β-unsaturated/α-hetero) is 2. The number of anilines is 1. The largest absolute Gasteiger partial charge is 0.299 e. The highest BCUT2D eigenvalue weighted by Gasteiger charge is 2.38. The highest BCUT2D eigenvalue weighted by atomic mass is 35.5. The smallest absolute Gasteiger partial charge is 0.295 e. The average Bonchev–Trinajstić information content (AvgIpc) is 2.98. The summed E-state index contributed by atoms with van der Waals surface area (Å²) in [6.07, 6.45) is 0. The zero-order valence-electron chi connectivity index (χ0n) is 11.1. The molecule has 0 N–H and O–H groups in total. The molecule has 0 atom stereocenters. The van der Waals surface area contributed by atoms with Crippen LogP contribution in [0.25, 0.3) is 0 Å². The highest BCUT2D eigenvalue weighted by Crippen LogP contribution is 2.35. The normalized spacial score (nSPS) is 13.7. The Morgan fingerprint density at radius 2 is 2.00 bits per heavy atom. The number of benzene rings is 1. The summed E-state index contributed by atoms with van der Waals surface area (Å²) < 4.78 is 0. The monoisotopic (exact) mass is 319 g/mol. The van der Waals surface area contributed by atoms with E-state index in [2.05, 4.69) is 0 Å². The van der Waals surface area contributed by atoms with Gasteiger partial charge in [-0.15, -0.1) is 11.3 Å². The van der Waals surface area contributed by atoms with Crippen molar-refractivity contribution in [2.45, 2.75) is 6.92 Å². The van der Waals surface area contributed by atoms with Crippen molar-refractivity contribution in [3.8, 4) is 0 Å². The first kappa shape index (κ1) is 14.0. The Labute approximate surface area is 129 Å². The van der Waals surface area contributed by atoms with Gasteiger partial charge in [-0.3, -0.25) is 19.3 Å². The van der Waals surface area contributed by atoms with E-state index in [1.165, 1.54) is 11.3 Å². The van der Waals surface area contributed by atoms with Crippen molar-refractivity contribution in [1.29, 1.82) is 0 Å². The third-order valence-electron chi connectivity index (χ3n) is 3.26. The quantitative estimate of drug-likeness (QED) is 0.645. The van der Waals surface area contributed by atoms with E-state index >= 15 is 0 Å². The van der Waals surface area contributed by atoms with Gasteiger partial charge in [-0.1, -0.05) is 17.7 Å². The lowest BCUT2D eigenvalue weighted by molar-refractivity contribution is -0.114. The molecule has 0 bridgehead atoms. The molecular weight excluding hydrogens is 310 g/mol. The second kappa shape index (κ2) is 5.09. The SMILES string of the molecule is Cc1ccc(C(=O)CN2C(=O)C(=O)c3cccc(Cl)c32)s1. The van der Waals surface area contributed by atoms with E-state index in [-0.39, 0.29) is 17.9 Å². The molecule has 0 saturated carbocycles. The fourth-order valence-corrected chi connectivity index (χ4v) is 3.34. The van der Waals surface area contributed by atoms with Gasteiger partial charge < -0.3 is 0 Å². The van der Waals surface area contributed by atoms with Crippen LogP contribution < -0.4 is 4.90 Å². The summed E-state index contributed by atoms with van der Waals surface area (Å²) in [6, 6.07) is 8.31. The molecule has 0 aliphatic carbocycles. The zero-order valence-corrected chi connectivity index (χ0v) is 12.6. The Morgan fingerprint density at radius 3 is 2.67 bits per heavy atom. The zero-order chi connectivity index (χ0) is 15.1. The van der Waals surface area contributed by atoms with Crippen molar-refractivity contribution < 1.29 is 14.4 Å². The number of carbonyl (C=O) groups excluding carboxylic acids is 3. The molecule has 1 amide bonds. The lowest BCUT2D eigenvalue weighted by atomic mass is 10.1. The average molecular weight is 320 g/mol. The third kappa shape index (κ3) is 2.28. The topological polar surface area (TPSA) is 54.5 Å². The number of halogens is 1. The van der Waals surface area contributed by atoms with Crippen molar-refractivity contribution in [2.24, 2.45) is 0 Å². The lowest BCUT2D eigenvalue weighted by Gasteiger charge is -2.16. The van der Waals surface area contributed by atoms with Crippen LogP contribution in [-0.4, -0.2) is 24.0 Å². The number of fused-ring (bicyclic) bond motifs is 1. The first-order valence-corrected chi connectivity index (χ1v) is 7.43. The van der Waals surface area contributed by atoms with Gasteiger partial charge in [0.1, 0.15) is 0 Å². The van der Waals surface area contributed by atoms with Crippen molar-refractivity contribution >= 4 is 46.1 Å². The number of hydrogen-bond acceptors (Lipinski definition) is 4. The van der Waals surface area contributed by atoms with Crippen LogP contribution in [0, 0.1) is 6.92 Å². The lowest BCUT2D eigenvalue weighted by Crippen LogP contribution is -2.34. The fourth-order valence-electron chi connectivity index (χ4n) is 2.27. The molecule has 0 unspecified atom stereocenters. The first-order valence-electron chi connectivity index (χ1n) is 6.23. The molecule has 4 nitrogen and oxygen atoms in total. The Bertz CT molecular complexity index is 781. The van der Waals surface area contributed by atoms with Gasteiger partial charge in [-0.25, -0.2) is 0 Å².